The number of aliphatic hydroxyl groups is 1. The SMILES string of the molecule is COc1cc(Cn2c(O)c(N=O)c3c(-c4ccccc4)cccc32)cc(OC)c1.COc1cc(Cn2c(O)c(N=O)c3c(Br)cccc32)cc(OC)c1.COc1ccc2c(c1)c(N=O)c(O)n2Cc1cc(F)cc(CO)c1O. The van der Waals surface area contributed by atoms with Crippen LogP contribution in [-0.2, 0) is 26.2 Å². The molecule has 0 amide bonds. The molecule has 0 aliphatic carbocycles. The van der Waals surface area contributed by atoms with Gasteiger partial charge in [0.05, 0.1) is 78.3 Å². The molecule has 19 nitrogen and oxygen atoms in total. The zero-order valence-electron chi connectivity index (χ0n) is 42.5. The number of nitrogens with zero attached hydrogens (tertiary/aromatic N) is 6. The molecule has 10 aromatic rings. The fourth-order valence-corrected chi connectivity index (χ4v) is 9.68. The van der Waals surface area contributed by atoms with Gasteiger partial charge in [0.25, 0.3) is 0 Å². The van der Waals surface area contributed by atoms with Crippen LogP contribution >= 0.6 is 15.9 Å². The number of ether oxygens (including phenoxy) is 5. The molecule has 0 saturated heterocycles. The highest BCUT2D eigenvalue weighted by atomic mass is 79.9. The van der Waals surface area contributed by atoms with Crippen LogP contribution in [0, 0.1) is 20.5 Å². The summed E-state index contributed by atoms with van der Waals surface area (Å²) in [6.07, 6.45) is 0. The summed E-state index contributed by atoms with van der Waals surface area (Å²) in [6.45, 7) is -0.000355. The van der Waals surface area contributed by atoms with E-state index in [0.717, 1.165) is 39.9 Å². The van der Waals surface area contributed by atoms with E-state index in [9.17, 15) is 44.6 Å². The van der Waals surface area contributed by atoms with E-state index in [1.54, 1.807) is 74.0 Å². The zero-order chi connectivity index (χ0) is 55.8. The number of halogens is 2. The summed E-state index contributed by atoms with van der Waals surface area (Å²) in [5, 5.41) is 61.5. The normalized spacial score (nSPS) is 10.9. The molecule has 0 fully saturated rings. The number of hydrogen-bond donors (Lipinski definition) is 5. The van der Waals surface area contributed by atoms with Gasteiger partial charge in [-0.2, -0.15) is 0 Å². The van der Waals surface area contributed by atoms with Gasteiger partial charge in [0.15, 0.2) is 17.1 Å². The summed E-state index contributed by atoms with van der Waals surface area (Å²) < 4.78 is 45.3. The van der Waals surface area contributed by atoms with Gasteiger partial charge in [-0.3, -0.25) is 0 Å². The highest BCUT2D eigenvalue weighted by molar-refractivity contribution is 9.10. The fraction of sp³-hybridized carbons (Fsp3) is 0.158. The molecule has 0 spiro atoms. The van der Waals surface area contributed by atoms with Crippen molar-refractivity contribution in [3.05, 3.63) is 181 Å². The lowest BCUT2D eigenvalue weighted by Crippen LogP contribution is -2.02. The van der Waals surface area contributed by atoms with Crippen molar-refractivity contribution in [3.63, 3.8) is 0 Å². The molecule has 10 rings (SSSR count). The first kappa shape index (κ1) is 54.8. The first-order chi connectivity index (χ1) is 37.7. The lowest BCUT2D eigenvalue weighted by Gasteiger charge is -2.12. The molecule has 400 valence electrons. The first-order valence-electron chi connectivity index (χ1n) is 23.6. The Hall–Kier alpha value is -9.47. The smallest absolute Gasteiger partial charge is 0.222 e. The third kappa shape index (κ3) is 10.9. The lowest BCUT2D eigenvalue weighted by atomic mass is 10.0. The lowest BCUT2D eigenvalue weighted by molar-refractivity contribution is 0.274. The Morgan fingerprint density at radius 1 is 0.487 bits per heavy atom. The monoisotopic (exact) mass is 1120 g/mol. The summed E-state index contributed by atoms with van der Waals surface area (Å²) in [5.41, 5.74) is 5.45. The minimum absolute atomic E-state index is 0.0207. The first-order valence-corrected chi connectivity index (χ1v) is 24.4. The molecule has 0 saturated carbocycles. The maximum absolute atomic E-state index is 13.7. The maximum Gasteiger partial charge on any atom is 0.222 e. The standard InChI is InChI=1S/C23H20N2O4.C17H15BrN2O4.C17H15FN2O5/c1-28-17-11-15(12-18(13-17)29-2)14-25-20-10-6-9-19(16-7-4-3-5-8-16)21(20)22(24-27)23(25)26;1-23-11-6-10(7-12(8-11)24-2)9-20-14-5-3-4-13(18)15(14)16(19-22)17(20)21;1-25-12-2-3-14-13(6-12)15(19-24)17(23)20(14)7-9-4-11(18)5-10(8-21)16(9)22/h3-13,26H,14H2,1-2H3;3-8,21H,9H2,1-2H3;2-6,21-23H,7-8H2,1H3. The molecule has 21 heteroatoms. The van der Waals surface area contributed by atoms with Crippen LogP contribution in [-0.4, -0.2) is 74.8 Å². The van der Waals surface area contributed by atoms with Crippen molar-refractivity contribution < 1.29 is 53.6 Å². The zero-order valence-corrected chi connectivity index (χ0v) is 44.1. The number of fused-ring (bicyclic) bond motifs is 3. The minimum Gasteiger partial charge on any atom is -0.507 e. The van der Waals surface area contributed by atoms with Gasteiger partial charge in [0.1, 0.15) is 40.3 Å². The molecule has 7 aromatic carbocycles. The summed E-state index contributed by atoms with van der Waals surface area (Å²) >= 11 is 3.40. The molecule has 0 aliphatic heterocycles. The second-order valence-electron chi connectivity index (χ2n) is 17.3. The highest BCUT2D eigenvalue weighted by Crippen LogP contribution is 2.46. The molecule has 0 bridgehead atoms. The van der Waals surface area contributed by atoms with E-state index in [-0.39, 0.29) is 52.2 Å². The van der Waals surface area contributed by atoms with Crippen molar-refractivity contribution >= 4 is 65.7 Å². The van der Waals surface area contributed by atoms with E-state index in [1.807, 2.05) is 84.9 Å². The molecule has 3 aromatic heterocycles. The van der Waals surface area contributed by atoms with E-state index < -0.39 is 18.3 Å². The van der Waals surface area contributed by atoms with Gasteiger partial charge in [-0.05, 0) is 111 Å². The second kappa shape index (κ2) is 24.0. The summed E-state index contributed by atoms with van der Waals surface area (Å²) in [5.74, 6) is 1.41. The van der Waals surface area contributed by atoms with Crippen LogP contribution < -0.4 is 23.7 Å². The largest absolute Gasteiger partial charge is 0.507 e. The van der Waals surface area contributed by atoms with E-state index in [1.165, 1.54) is 11.7 Å². The van der Waals surface area contributed by atoms with Gasteiger partial charge in [-0.25, -0.2) is 4.39 Å². The minimum atomic E-state index is -0.636. The van der Waals surface area contributed by atoms with Gasteiger partial charge in [-0.15, -0.1) is 14.7 Å². The predicted octanol–water partition coefficient (Wildman–Crippen LogP) is 13.2. The van der Waals surface area contributed by atoms with Crippen LogP contribution in [0.25, 0.3) is 43.8 Å². The molecular weight excluding hydrogens is 1080 g/mol. The van der Waals surface area contributed by atoms with Crippen molar-refractivity contribution in [3.8, 4) is 63.3 Å². The van der Waals surface area contributed by atoms with Gasteiger partial charge < -0.3 is 62.9 Å². The average molecular weight is 1130 g/mol. The van der Waals surface area contributed by atoms with Crippen molar-refractivity contribution in [2.45, 2.75) is 26.2 Å². The molecule has 0 radical (unpaired) electrons. The average Bonchev–Trinajstić information content (AvgIpc) is 4.03. The number of nitroso groups, excluding NO2 is 3. The molecule has 0 atom stereocenters. The van der Waals surface area contributed by atoms with E-state index >= 15 is 0 Å². The molecule has 0 aliphatic rings. The van der Waals surface area contributed by atoms with Crippen LogP contribution in [0.1, 0.15) is 22.3 Å². The Morgan fingerprint density at radius 3 is 1.47 bits per heavy atom. The van der Waals surface area contributed by atoms with Crippen molar-refractivity contribution in [2.75, 3.05) is 35.5 Å². The summed E-state index contributed by atoms with van der Waals surface area (Å²) in [7, 11) is 7.79. The molecule has 0 unspecified atom stereocenters. The number of methoxy groups -OCH3 is 5. The van der Waals surface area contributed by atoms with Crippen LogP contribution in [0.15, 0.2) is 153 Å². The van der Waals surface area contributed by atoms with Crippen LogP contribution in [0.4, 0.5) is 21.5 Å². The van der Waals surface area contributed by atoms with Crippen molar-refractivity contribution in [1.29, 1.82) is 0 Å². The third-order valence-electron chi connectivity index (χ3n) is 12.8. The molecule has 5 N–H and O–H groups in total. The fourth-order valence-electron chi connectivity index (χ4n) is 9.13. The summed E-state index contributed by atoms with van der Waals surface area (Å²) in [6, 6.07) is 38.8. The number of benzene rings is 7. The Balaban J connectivity index is 0.000000155. The van der Waals surface area contributed by atoms with E-state index in [2.05, 4.69) is 31.5 Å². The third-order valence-corrected chi connectivity index (χ3v) is 13.5. The number of hydrogen-bond acceptors (Lipinski definition) is 16. The molecule has 78 heavy (non-hydrogen) atoms. The van der Waals surface area contributed by atoms with Crippen molar-refractivity contribution in [1.82, 2.24) is 13.7 Å². The number of aromatic hydroxyl groups is 4. The Morgan fingerprint density at radius 2 is 0.962 bits per heavy atom. The van der Waals surface area contributed by atoms with Gasteiger partial charge in [-0.1, -0.05) is 64.5 Å². The number of phenols is 1. The maximum atomic E-state index is 13.7. The Bertz CT molecular complexity index is 3820. The van der Waals surface area contributed by atoms with Crippen LogP contribution in [0.2, 0.25) is 0 Å². The number of rotatable bonds is 16. The van der Waals surface area contributed by atoms with Gasteiger partial charge in [0.2, 0.25) is 17.6 Å². The second-order valence-corrected chi connectivity index (χ2v) is 18.2. The Labute approximate surface area is 452 Å². The predicted molar refractivity (Wildman–Crippen MR) is 297 cm³/mol. The van der Waals surface area contributed by atoms with Crippen LogP contribution in [0.3, 0.4) is 0 Å². The number of aromatic nitrogens is 3. The van der Waals surface area contributed by atoms with Gasteiger partial charge in [0, 0.05) is 43.9 Å². The topological polar surface area (TPSA) is 250 Å². The van der Waals surface area contributed by atoms with Crippen LogP contribution in [0.5, 0.6) is 52.1 Å². The van der Waals surface area contributed by atoms with Gasteiger partial charge >= 0.3 is 0 Å². The van der Waals surface area contributed by atoms with E-state index in [0.29, 0.717) is 73.5 Å². The van der Waals surface area contributed by atoms with Crippen molar-refractivity contribution in [2.24, 2.45) is 15.5 Å². The molecular formula is C57H50BrFN6O13. The molecule has 3 heterocycles. The Kier molecular flexibility index (Phi) is 16.9. The highest BCUT2D eigenvalue weighted by Gasteiger charge is 2.24. The summed E-state index contributed by atoms with van der Waals surface area (Å²) in [4.78, 5) is 33.9. The quantitative estimate of drug-likeness (QED) is 0.0565. The van der Waals surface area contributed by atoms with E-state index in [4.69, 9.17) is 23.7 Å². The number of aliphatic hydroxyl groups excluding tert-OH is 1.